The molecule has 7 nitrogen and oxygen atoms in total. The Hall–Kier alpha value is -3.06. The maximum Gasteiger partial charge on any atom is 0.318 e. The Labute approximate surface area is 148 Å². The minimum absolute atomic E-state index is 0.0576. The summed E-state index contributed by atoms with van der Waals surface area (Å²) in [7, 11) is 3.07. The molecule has 0 aromatic heterocycles. The fourth-order valence-electron chi connectivity index (χ4n) is 2.18. The molecule has 1 aliphatic rings. The summed E-state index contributed by atoms with van der Waals surface area (Å²) in [5.41, 5.74) is 1.56. The Bertz CT molecular complexity index is 905. The normalized spacial score (nSPS) is 13.8. The van der Waals surface area contributed by atoms with Gasteiger partial charge in [0.25, 0.3) is 0 Å². The second kappa shape index (κ2) is 7.23. The molecule has 2 aromatic rings. The maximum atomic E-state index is 12.0. The van der Waals surface area contributed by atoms with E-state index in [9.17, 15) is 4.79 Å². The average molecular weight is 357 g/mol. The molecule has 0 spiro atoms. The van der Waals surface area contributed by atoms with Gasteiger partial charge in [-0.3, -0.25) is 4.79 Å². The summed E-state index contributed by atoms with van der Waals surface area (Å²) >= 11 is 5.83. The van der Waals surface area contributed by atoms with E-state index in [4.69, 9.17) is 21.1 Å². The van der Waals surface area contributed by atoms with Crippen LogP contribution in [0.15, 0.2) is 68.6 Å². The number of azo groups is 2. The van der Waals surface area contributed by atoms with Gasteiger partial charge < -0.3 is 9.47 Å². The highest BCUT2D eigenvalue weighted by Gasteiger charge is 2.24. The number of carbonyl (C=O) groups excluding carboxylic acids is 1. The highest BCUT2D eigenvalue weighted by Crippen LogP contribution is 2.34. The molecule has 0 radical (unpaired) electrons. The third kappa shape index (κ3) is 3.56. The predicted octanol–water partition coefficient (Wildman–Crippen LogP) is 4.80. The van der Waals surface area contributed by atoms with Crippen LogP contribution >= 0.6 is 11.6 Å². The smallest absolute Gasteiger partial charge is 0.318 e. The lowest BCUT2D eigenvalue weighted by Crippen LogP contribution is -1.95. The fourth-order valence-corrected chi connectivity index (χ4v) is 2.30. The summed E-state index contributed by atoms with van der Waals surface area (Å²) in [4.78, 5) is 12.0. The van der Waals surface area contributed by atoms with E-state index in [-0.39, 0.29) is 5.70 Å². The van der Waals surface area contributed by atoms with Crippen molar-refractivity contribution >= 4 is 28.9 Å². The lowest BCUT2D eigenvalue weighted by atomic mass is 10.1. The van der Waals surface area contributed by atoms with Crippen molar-refractivity contribution in [3.8, 4) is 11.5 Å². The van der Waals surface area contributed by atoms with Crippen molar-refractivity contribution in [2.75, 3.05) is 14.2 Å². The minimum atomic E-state index is -0.553. The Kier molecular flexibility index (Phi) is 4.85. The lowest BCUT2D eigenvalue weighted by molar-refractivity contribution is -0.114. The van der Waals surface area contributed by atoms with Gasteiger partial charge in [0.1, 0.15) is 5.70 Å². The SMILES string of the molecule is COc1ccc(C2=C(N=Nc3ccc(Cl)cc3)C(=O)N=N2)cc1OC. The molecular formula is C17H13ClN4O3. The molecule has 0 saturated heterocycles. The van der Waals surface area contributed by atoms with Crippen LogP contribution in [-0.4, -0.2) is 20.1 Å². The predicted molar refractivity (Wildman–Crippen MR) is 92.3 cm³/mol. The molecule has 0 unspecified atom stereocenters. The van der Waals surface area contributed by atoms with Crippen LogP contribution in [0.1, 0.15) is 5.56 Å². The second-order valence-electron chi connectivity index (χ2n) is 4.95. The van der Waals surface area contributed by atoms with Crippen LogP contribution in [-0.2, 0) is 4.79 Å². The topological polar surface area (TPSA) is 85.0 Å². The molecule has 1 aliphatic heterocycles. The molecule has 0 bridgehead atoms. The van der Waals surface area contributed by atoms with E-state index < -0.39 is 5.91 Å². The third-order valence-corrected chi connectivity index (χ3v) is 3.67. The van der Waals surface area contributed by atoms with E-state index in [1.54, 1.807) is 49.6 Å². The number of rotatable bonds is 5. The number of amides is 1. The Morgan fingerprint density at radius 2 is 1.64 bits per heavy atom. The number of methoxy groups -OCH3 is 2. The van der Waals surface area contributed by atoms with Crippen molar-refractivity contribution < 1.29 is 14.3 Å². The van der Waals surface area contributed by atoms with Gasteiger partial charge in [-0.05, 0) is 42.5 Å². The monoisotopic (exact) mass is 356 g/mol. The van der Waals surface area contributed by atoms with Crippen LogP contribution in [0, 0.1) is 0 Å². The molecule has 0 atom stereocenters. The summed E-state index contributed by atoms with van der Waals surface area (Å²) in [5, 5.41) is 16.1. The molecule has 2 aromatic carbocycles. The number of benzene rings is 2. The van der Waals surface area contributed by atoms with Gasteiger partial charge in [-0.2, -0.15) is 5.11 Å². The number of nitrogens with zero attached hydrogens (tertiary/aromatic N) is 4. The molecule has 25 heavy (non-hydrogen) atoms. The highest BCUT2D eigenvalue weighted by atomic mass is 35.5. The molecule has 126 valence electrons. The molecule has 3 rings (SSSR count). The Balaban J connectivity index is 1.98. The molecule has 0 fully saturated rings. The molecule has 8 heteroatoms. The van der Waals surface area contributed by atoms with Gasteiger partial charge in [0, 0.05) is 10.6 Å². The van der Waals surface area contributed by atoms with Gasteiger partial charge in [-0.25, -0.2) is 0 Å². The minimum Gasteiger partial charge on any atom is -0.493 e. The first kappa shape index (κ1) is 16.8. The first-order chi connectivity index (χ1) is 12.1. The van der Waals surface area contributed by atoms with Crippen molar-refractivity contribution in [1.82, 2.24) is 0 Å². The van der Waals surface area contributed by atoms with E-state index >= 15 is 0 Å². The van der Waals surface area contributed by atoms with Crippen LogP contribution in [0.25, 0.3) is 5.70 Å². The van der Waals surface area contributed by atoms with Crippen molar-refractivity contribution in [3.05, 3.63) is 58.7 Å². The standard InChI is InChI=1S/C17H13ClN4O3/c1-24-13-8-3-10(9-14(13)25-2)15-16(17(23)22-20-15)21-19-12-6-4-11(18)5-7-12/h3-9H,1-2H3. The summed E-state index contributed by atoms with van der Waals surface area (Å²) in [5.74, 6) is 0.524. The number of halogens is 1. The van der Waals surface area contributed by atoms with Crippen molar-refractivity contribution in [1.29, 1.82) is 0 Å². The van der Waals surface area contributed by atoms with Crippen molar-refractivity contribution in [3.63, 3.8) is 0 Å². The largest absolute Gasteiger partial charge is 0.493 e. The van der Waals surface area contributed by atoms with E-state index in [0.29, 0.717) is 33.5 Å². The zero-order valence-electron chi connectivity index (χ0n) is 13.4. The molecular weight excluding hydrogens is 344 g/mol. The van der Waals surface area contributed by atoms with Crippen LogP contribution in [0.5, 0.6) is 11.5 Å². The summed E-state index contributed by atoms with van der Waals surface area (Å²) in [6.45, 7) is 0. The number of carbonyl (C=O) groups is 1. The summed E-state index contributed by atoms with van der Waals surface area (Å²) in [6, 6.07) is 11.9. The summed E-state index contributed by atoms with van der Waals surface area (Å²) in [6.07, 6.45) is 0. The van der Waals surface area contributed by atoms with Crippen LogP contribution in [0.3, 0.4) is 0 Å². The third-order valence-electron chi connectivity index (χ3n) is 3.42. The van der Waals surface area contributed by atoms with Gasteiger partial charge in [0.2, 0.25) is 0 Å². The second-order valence-corrected chi connectivity index (χ2v) is 5.38. The van der Waals surface area contributed by atoms with Crippen LogP contribution in [0.2, 0.25) is 5.02 Å². The fraction of sp³-hybridized carbons (Fsp3) is 0.118. The van der Waals surface area contributed by atoms with Gasteiger partial charge in [-0.15, -0.1) is 15.3 Å². The average Bonchev–Trinajstić information content (AvgIpc) is 3.01. The molecule has 1 amide bonds. The quantitative estimate of drug-likeness (QED) is 0.721. The molecule has 0 saturated carbocycles. The van der Waals surface area contributed by atoms with Crippen molar-refractivity contribution in [2.45, 2.75) is 0 Å². The van der Waals surface area contributed by atoms with E-state index in [2.05, 4.69) is 20.5 Å². The van der Waals surface area contributed by atoms with Gasteiger partial charge in [0.05, 0.1) is 19.9 Å². The van der Waals surface area contributed by atoms with Gasteiger partial charge in [0.15, 0.2) is 17.2 Å². The van der Waals surface area contributed by atoms with Gasteiger partial charge in [-0.1, -0.05) is 11.6 Å². The number of hydrogen-bond acceptors (Lipinski definition) is 6. The first-order valence-corrected chi connectivity index (χ1v) is 7.60. The van der Waals surface area contributed by atoms with E-state index in [1.165, 1.54) is 7.11 Å². The lowest BCUT2D eigenvalue weighted by Gasteiger charge is -2.08. The number of ether oxygens (including phenoxy) is 2. The first-order valence-electron chi connectivity index (χ1n) is 7.22. The molecule has 1 heterocycles. The van der Waals surface area contributed by atoms with Crippen LogP contribution < -0.4 is 9.47 Å². The molecule has 0 aliphatic carbocycles. The zero-order valence-corrected chi connectivity index (χ0v) is 14.2. The Morgan fingerprint density at radius 3 is 2.32 bits per heavy atom. The molecule has 0 N–H and O–H groups in total. The maximum absolute atomic E-state index is 12.0. The van der Waals surface area contributed by atoms with Crippen LogP contribution in [0.4, 0.5) is 5.69 Å². The van der Waals surface area contributed by atoms with Crippen molar-refractivity contribution in [2.24, 2.45) is 20.5 Å². The number of hydrogen-bond donors (Lipinski definition) is 0. The summed E-state index contributed by atoms with van der Waals surface area (Å²) < 4.78 is 10.5. The Morgan fingerprint density at radius 1 is 0.920 bits per heavy atom. The highest BCUT2D eigenvalue weighted by molar-refractivity contribution is 6.30. The van der Waals surface area contributed by atoms with E-state index in [0.717, 1.165) is 0 Å². The van der Waals surface area contributed by atoms with E-state index in [1.807, 2.05) is 0 Å². The zero-order chi connectivity index (χ0) is 17.8. The van der Waals surface area contributed by atoms with Gasteiger partial charge >= 0.3 is 5.91 Å².